The summed E-state index contributed by atoms with van der Waals surface area (Å²) >= 11 is 0. The van der Waals surface area contributed by atoms with Crippen molar-refractivity contribution in [2.24, 2.45) is 11.8 Å². The molecule has 0 aliphatic carbocycles. The minimum absolute atomic E-state index is 0.657. The molecule has 1 aliphatic rings. The maximum Gasteiger partial charge on any atom is 0.0195 e. The molecule has 1 aliphatic heterocycles. The van der Waals surface area contributed by atoms with E-state index in [9.17, 15) is 0 Å². The molecule has 1 atom stereocenters. The van der Waals surface area contributed by atoms with E-state index in [1.54, 1.807) is 0 Å². The number of nitrogens with one attached hydrogen (secondary N) is 1. The lowest BCUT2D eigenvalue weighted by molar-refractivity contribution is 0.106. The second-order valence-electron chi connectivity index (χ2n) is 7.50. The van der Waals surface area contributed by atoms with Gasteiger partial charge in [0.15, 0.2) is 0 Å². The summed E-state index contributed by atoms with van der Waals surface area (Å²) in [6.45, 7) is 16.6. The van der Waals surface area contributed by atoms with E-state index in [1.807, 2.05) is 0 Å². The average molecular weight is 268 g/mol. The van der Waals surface area contributed by atoms with Crippen molar-refractivity contribution < 1.29 is 0 Å². The Balaban J connectivity index is 2.65. The SMILES string of the molecule is CC(C)CC(CC(C)C)N(CC1CCCN1)C(C)C. The van der Waals surface area contributed by atoms with Gasteiger partial charge < -0.3 is 5.32 Å². The van der Waals surface area contributed by atoms with Crippen LogP contribution in [0.25, 0.3) is 0 Å². The van der Waals surface area contributed by atoms with E-state index >= 15 is 0 Å². The predicted molar refractivity (Wildman–Crippen MR) is 85.6 cm³/mol. The zero-order valence-electron chi connectivity index (χ0n) is 14.1. The molecule has 0 bridgehead atoms. The summed E-state index contributed by atoms with van der Waals surface area (Å²) in [6.07, 6.45) is 5.39. The lowest BCUT2D eigenvalue weighted by Gasteiger charge is -2.38. The predicted octanol–water partition coefficient (Wildman–Crippen LogP) is 3.91. The third-order valence-corrected chi connectivity index (χ3v) is 4.21. The maximum atomic E-state index is 3.66. The molecular weight excluding hydrogens is 232 g/mol. The first-order valence-electron chi connectivity index (χ1n) is 8.39. The fraction of sp³-hybridized carbons (Fsp3) is 1.00. The molecule has 1 heterocycles. The molecule has 1 unspecified atom stereocenters. The lowest BCUT2D eigenvalue weighted by Crippen LogP contribution is -2.48. The van der Waals surface area contributed by atoms with Gasteiger partial charge in [-0.1, -0.05) is 27.7 Å². The van der Waals surface area contributed by atoms with Crippen LogP contribution in [0.5, 0.6) is 0 Å². The minimum atomic E-state index is 0.657. The first-order valence-corrected chi connectivity index (χ1v) is 8.39. The van der Waals surface area contributed by atoms with Gasteiger partial charge in [0.1, 0.15) is 0 Å². The second-order valence-corrected chi connectivity index (χ2v) is 7.50. The third kappa shape index (κ3) is 6.27. The molecule has 0 aromatic carbocycles. The summed E-state index contributed by atoms with van der Waals surface area (Å²) in [6, 6.07) is 2.14. The van der Waals surface area contributed by atoms with Gasteiger partial charge in [-0.25, -0.2) is 0 Å². The van der Waals surface area contributed by atoms with E-state index < -0.39 is 0 Å². The molecule has 0 spiro atoms. The van der Waals surface area contributed by atoms with Gasteiger partial charge in [0.25, 0.3) is 0 Å². The molecule has 0 amide bonds. The van der Waals surface area contributed by atoms with E-state index in [2.05, 4.69) is 51.8 Å². The molecule has 1 fully saturated rings. The lowest BCUT2D eigenvalue weighted by atomic mass is 9.93. The van der Waals surface area contributed by atoms with Gasteiger partial charge in [-0.2, -0.15) is 0 Å². The molecule has 0 aromatic heterocycles. The highest BCUT2D eigenvalue weighted by atomic mass is 15.2. The number of rotatable bonds is 8. The van der Waals surface area contributed by atoms with Gasteiger partial charge in [0.05, 0.1) is 0 Å². The smallest absolute Gasteiger partial charge is 0.0195 e. The van der Waals surface area contributed by atoms with Crippen molar-refractivity contribution in [2.75, 3.05) is 13.1 Å². The van der Waals surface area contributed by atoms with Crippen molar-refractivity contribution in [1.82, 2.24) is 10.2 Å². The van der Waals surface area contributed by atoms with Crippen LogP contribution < -0.4 is 5.32 Å². The number of nitrogens with zero attached hydrogens (tertiary/aromatic N) is 1. The summed E-state index contributed by atoms with van der Waals surface area (Å²) in [5.41, 5.74) is 0. The fourth-order valence-electron chi connectivity index (χ4n) is 3.40. The van der Waals surface area contributed by atoms with E-state index in [1.165, 1.54) is 38.8 Å². The Hall–Kier alpha value is -0.0800. The Morgan fingerprint density at radius 2 is 1.58 bits per heavy atom. The first kappa shape index (κ1) is 17.0. The van der Waals surface area contributed by atoms with Crippen molar-refractivity contribution >= 4 is 0 Å². The summed E-state index contributed by atoms with van der Waals surface area (Å²) in [7, 11) is 0. The van der Waals surface area contributed by atoms with Crippen LogP contribution in [0.4, 0.5) is 0 Å². The zero-order chi connectivity index (χ0) is 14.4. The standard InChI is InChI=1S/C17H36N2/c1-13(2)10-17(11-14(3)4)19(15(5)6)12-16-8-7-9-18-16/h13-18H,7-12H2,1-6H3. The zero-order valence-corrected chi connectivity index (χ0v) is 14.1. The molecule has 2 nitrogen and oxygen atoms in total. The number of hydrogen-bond acceptors (Lipinski definition) is 2. The summed E-state index contributed by atoms with van der Waals surface area (Å²) in [5, 5.41) is 3.66. The molecule has 1 saturated heterocycles. The Morgan fingerprint density at radius 3 is 1.95 bits per heavy atom. The minimum Gasteiger partial charge on any atom is -0.313 e. The molecule has 1 N–H and O–H groups in total. The van der Waals surface area contributed by atoms with Crippen molar-refractivity contribution in [1.29, 1.82) is 0 Å². The topological polar surface area (TPSA) is 15.3 Å². The van der Waals surface area contributed by atoms with E-state index in [0.717, 1.165) is 23.9 Å². The van der Waals surface area contributed by atoms with Gasteiger partial charge in [0.2, 0.25) is 0 Å². The Kier molecular flexibility index (Phi) is 7.38. The van der Waals surface area contributed by atoms with Crippen molar-refractivity contribution in [3.05, 3.63) is 0 Å². The van der Waals surface area contributed by atoms with Crippen molar-refractivity contribution in [3.63, 3.8) is 0 Å². The Bertz CT molecular complexity index is 219. The van der Waals surface area contributed by atoms with Crippen LogP contribution in [0.1, 0.15) is 67.2 Å². The summed E-state index contributed by atoms with van der Waals surface area (Å²) < 4.78 is 0. The molecule has 0 aromatic rings. The van der Waals surface area contributed by atoms with Crippen LogP contribution in [0.3, 0.4) is 0 Å². The monoisotopic (exact) mass is 268 g/mol. The molecule has 0 radical (unpaired) electrons. The highest BCUT2D eigenvalue weighted by Gasteiger charge is 2.26. The highest BCUT2D eigenvalue weighted by Crippen LogP contribution is 2.22. The summed E-state index contributed by atoms with van der Waals surface area (Å²) in [4.78, 5) is 2.77. The van der Waals surface area contributed by atoms with Crippen LogP contribution in [0.15, 0.2) is 0 Å². The molecule has 19 heavy (non-hydrogen) atoms. The molecule has 1 rings (SSSR count). The van der Waals surface area contributed by atoms with Gasteiger partial charge >= 0.3 is 0 Å². The van der Waals surface area contributed by atoms with E-state index in [-0.39, 0.29) is 0 Å². The Morgan fingerprint density at radius 1 is 1.00 bits per heavy atom. The highest BCUT2D eigenvalue weighted by molar-refractivity contribution is 4.84. The van der Waals surface area contributed by atoms with E-state index in [0.29, 0.717) is 6.04 Å². The van der Waals surface area contributed by atoms with Gasteiger partial charge in [-0.05, 0) is 57.9 Å². The summed E-state index contributed by atoms with van der Waals surface area (Å²) in [5.74, 6) is 1.59. The fourth-order valence-corrected chi connectivity index (χ4v) is 3.40. The molecule has 114 valence electrons. The van der Waals surface area contributed by atoms with Gasteiger partial charge in [-0.3, -0.25) is 4.90 Å². The van der Waals surface area contributed by atoms with Gasteiger partial charge in [-0.15, -0.1) is 0 Å². The average Bonchev–Trinajstić information content (AvgIpc) is 2.75. The normalized spacial score (nSPS) is 20.7. The largest absolute Gasteiger partial charge is 0.313 e. The quantitative estimate of drug-likeness (QED) is 0.718. The van der Waals surface area contributed by atoms with Crippen molar-refractivity contribution in [3.8, 4) is 0 Å². The third-order valence-electron chi connectivity index (χ3n) is 4.21. The first-order chi connectivity index (χ1) is 8.90. The van der Waals surface area contributed by atoms with E-state index in [4.69, 9.17) is 0 Å². The van der Waals surface area contributed by atoms with Gasteiger partial charge in [0, 0.05) is 24.7 Å². The van der Waals surface area contributed by atoms with Crippen LogP contribution in [0.2, 0.25) is 0 Å². The maximum absolute atomic E-state index is 3.66. The molecular formula is C17H36N2. The van der Waals surface area contributed by atoms with Crippen LogP contribution in [-0.2, 0) is 0 Å². The molecule has 0 saturated carbocycles. The van der Waals surface area contributed by atoms with Crippen LogP contribution in [0, 0.1) is 11.8 Å². The molecule has 2 heteroatoms. The van der Waals surface area contributed by atoms with Crippen molar-refractivity contribution in [2.45, 2.75) is 85.4 Å². The number of hydrogen-bond donors (Lipinski definition) is 1. The second kappa shape index (κ2) is 8.26. The van der Waals surface area contributed by atoms with Crippen LogP contribution in [-0.4, -0.2) is 36.1 Å². The van der Waals surface area contributed by atoms with Crippen LogP contribution >= 0.6 is 0 Å². The Labute approximate surface area is 121 Å².